The average molecular weight is 827 g/mol. The number of H-pyrrole nitrogens is 1. The fourth-order valence-corrected chi connectivity index (χ4v) is 9.19. The highest BCUT2D eigenvalue weighted by molar-refractivity contribution is 6.12. The van der Waals surface area contributed by atoms with E-state index in [2.05, 4.69) is 80.8 Å². The predicted molar refractivity (Wildman–Crippen MR) is 231 cm³/mol. The van der Waals surface area contributed by atoms with Crippen LogP contribution in [0, 0.1) is 12.7 Å². The summed E-state index contributed by atoms with van der Waals surface area (Å²) in [4.78, 5) is 61.2. The van der Waals surface area contributed by atoms with Crippen molar-refractivity contribution in [2.45, 2.75) is 83.7 Å². The van der Waals surface area contributed by atoms with Crippen LogP contribution in [-0.4, -0.2) is 93.0 Å². The van der Waals surface area contributed by atoms with Gasteiger partial charge in [-0.15, -0.1) is 0 Å². The SMILES string of the molecule is Cc1c([C@@H](C)NC(=O)c2noc(C(C)(C)C)n2)ccc(-c2ncnc3[nH]c4cc(N5CCN(C6CCN(c7ccc(C8CCC(=O)NC8=O)cc7)CC6)CC5)ccc4c23)c1F. The third-order valence-electron chi connectivity index (χ3n) is 12.7. The number of anilines is 2. The van der Waals surface area contributed by atoms with Crippen molar-refractivity contribution in [3.63, 3.8) is 0 Å². The van der Waals surface area contributed by atoms with Crippen LogP contribution >= 0.6 is 0 Å². The molecule has 2 atom stereocenters. The van der Waals surface area contributed by atoms with Crippen molar-refractivity contribution < 1.29 is 23.3 Å². The number of hydrogen-bond acceptors (Lipinski definition) is 11. The van der Waals surface area contributed by atoms with Gasteiger partial charge in [0, 0.05) is 85.0 Å². The molecule has 1 unspecified atom stereocenters. The predicted octanol–water partition coefficient (Wildman–Crippen LogP) is 6.71. The van der Waals surface area contributed by atoms with Gasteiger partial charge in [0.1, 0.15) is 17.8 Å². The number of fused-ring (bicyclic) bond motifs is 3. The van der Waals surface area contributed by atoms with E-state index < -0.39 is 23.2 Å². The van der Waals surface area contributed by atoms with Gasteiger partial charge < -0.3 is 24.6 Å². The van der Waals surface area contributed by atoms with Crippen molar-refractivity contribution in [1.29, 1.82) is 0 Å². The molecule has 3 saturated heterocycles. The van der Waals surface area contributed by atoms with E-state index in [4.69, 9.17) is 4.52 Å². The lowest BCUT2D eigenvalue weighted by molar-refractivity contribution is -0.134. The number of carbonyl (C=O) groups is 3. The summed E-state index contributed by atoms with van der Waals surface area (Å²) in [6, 6.07) is 18.2. The molecule has 0 aliphatic carbocycles. The number of amides is 3. The summed E-state index contributed by atoms with van der Waals surface area (Å²) in [5, 5.41) is 10.9. The van der Waals surface area contributed by atoms with Crippen molar-refractivity contribution in [2.24, 2.45) is 0 Å². The van der Waals surface area contributed by atoms with Gasteiger partial charge in [-0.2, -0.15) is 4.98 Å². The molecule has 3 N–H and O–H groups in total. The largest absolute Gasteiger partial charge is 0.371 e. The quantitative estimate of drug-likeness (QED) is 0.140. The molecule has 3 aliphatic heterocycles. The average Bonchev–Trinajstić information content (AvgIpc) is 3.91. The number of aromatic nitrogens is 5. The highest BCUT2D eigenvalue weighted by Gasteiger charge is 2.31. The Bertz CT molecular complexity index is 2640. The second-order valence-electron chi connectivity index (χ2n) is 17.6. The van der Waals surface area contributed by atoms with E-state index in [-0.39, 0.29) is 23.6 Å². The molecule has 3 aromatic heterocycles. The summed E-state index contributed by atoms with van der Waals surface area (Å²) < 4.78 is 21.6. The van der Waals surface area contributed by atoms with Crippen LogP contribution in [0.4, 0.5) is 15.8 Å². The molecule has 0 radical (unpaired) electrons. The number of piperidine rings is 2. The molecule has 6 heterocycles. The van der Waals surface area contributed by atoms with Crippen LogP contribution in [0.3, 0.4) is 0 Å². The summed E-state index contributed by atoms with van der Waals surface area (Å²) in [5.74, 6) is -1.27. The first-order valence-corrected chi connectivity index (χ1v) is 21.2. The van der Waals surface area contributed by atoms with Gasteiger partial charge in [0.2, 0.25) is 17.7 Å². The molecule has 3 aliphatic rings. The number of aromatic amines is 1. The molecular formula is C46H51FN10O4. The minimum Gasteiger partial charge on any atom is -0.371 e. The first-order valence-electron chi connectivity index (χ1n) is 21.2. The fraction of sp³-hybridized carbons (Fsp3) is 0.413. The van der Waals surface area contributed by atoms with Gasteiger partial charge in [-0.05, 0) is 80.1 Å². The topological polar surface area (TPSA) is 165 Å². The van der Waals surface area contributed by atoms with Crippen LogP contribution in [0.1, 0.15) is 98.5 Å². The highest BCUT2D eigenvalue weighted by Crippen LogP contribution is 2.37. The number of rotatable bonds is 8. The minimum atomic E-state index is -0.524. The van der Waals surface area contributed by atoms with E-state index in [0.29, 0.717) is 52.8 Å². The Kier molecular flexibility index (Phi) is 10.5. The molecule has 3 amide bonds. The minimum absolute atomic E-state index is 0.0670. The summed E-state index contributed by atoms with van der Waals surface area (Å²) in [7, 11) is 0. The maximum Gasteiger partial charge on any atom is 0.293 e. The van der Waals surface area contributed by atoms with Gasteiger partial charge >= 0.3 is 0 Å². The Morgan fingerprint density at radius 3 is 2.34 bits per heavy atom. The Balaban J connectivity index is 0.835. The molecule has 6 aromatic rings. The van der Waals surface area contributed by atoms with Crippen LogP contribution in [-0.2, 0) is 15.0 Å². The number of halogens is 1. The molecule has 14 nitrogen and oxygen atoms in total. The Labute approximate surface area is 353 Å². The van der Waals surface area contributed by atoms with Gasteiger partial charge in [-0.25, -0.2) is 14.4 Å². The molecule has 0 bridgehead atoms. The lowest BCUT2D eigenvalue weighted by Crippen LogP contribution is -2.53. The van der Waals surface area contributed by atoms with Crippen molar-refractivity contribution >= 4 is 51.0 Å². The number of benzene rings is 3. The number of piperazine rings is 1. The van der Waals surface area contributed by atoms with Crippen LogP contribution < -0.4 is 20.4 Å². The number of carbonyl (C=O) groups excluding carboxylic acids is 3. The smallest absolute Gasteiger partial charge is 0.293 e. The van der Waals surface area contributed by atoms with E-state index in [1.54, 1.807) is 19.9 Å². The molecule has 0 saturated carbocycles. The van der Waals surface area contributed by atoms with E-state index in [9.17, 15) is 14.4 Å². The van der Waals surface area contributed by atoms with Crippen LogP contribution in [0.15, 0.2) is 65.4 Å². The number of nitrogens with one attached hydrogen (secondary N) is 3. The van der Waals surface area contributed by atoms with E-state index in [0.717, 1.165) is 79.7 Å². The summed E-state index contributed by atoms with van der Waals surface area (Å²) in [5.41, 5.74) is 6.30. The van der Waals surface area contributed by atoms with E-state index in [1.807, 2.05) is 39.0 Å². The van der Waals surface area contributed by atoms with E-state index in [1.165, 1.54) is 12.0 Å². The molecule has 316 valence electrons. The molecule has 15 heteroatoms. The monoisotopic (exact) mass is 826 g/mol. The van der Waals surface area contributed by atoms with Crippen LogP contribution in [0.25, 0.3) is 33.2 Å². The molecular weight excluding hydrogens is 776 g/mol. The standard InChI is InChI=1S/C46H51FN10O4/c1-26-32(27(2)50-44(60)42-53-45(61-54-42)46(3,4)5)12-13-35(39(26)47)40-38-34-11-10-31(24-36(34)51-41(38)49-25-48-40)57-22-20-56(21-23-57)30-16-18-55(19-17-30)29-8-6-28(7-9-29)33-14-15-37(58)52-43(33)59/h6-13,24-25,27,30,33H,14-23H2,1-5H3,(H,50,60)(H,48,49,51)(H,52,58,59)/t27-,33?/m1/s1. The first-order chi connectivity index (χ1) is 29.3. The molecule has 3 aromatic carbocycles. The molecule has 61 heavy (non-hydrogen) atoms. The lowest BCUT2D eigenvalue weighted by Gasteiger charge is -2.44. The normalized spacial score (nSPS) is 18.8. The Morgan fingerprint density at radius 2 is 1.64 bits per heavy atom. The third kappa shape index (κ3) is 7.82. The zero-order valence-corrected chi connectivity index (χ0v) is 35.2. The summed E-state index contributed by atoms with van der Waals surface area (Å²) in [6.45, 7) is 15.0. The summed E-state index contributed by atoms with van der Waals surface area (Å²) in [6.07, 6.45) is 4.59. The van der Waals surface area contributed by atoms with Gasteiger partial charge in [0.15, 0.2) is 0 Å². The van der Waals surface area contributed by atoms with Gasteiger partial charge in [-0.3, -0.25) is 24.6 Å². The van der Waals surface area contributed by atoms with Crippen molar-refractivity contribution in [3.05, 3.63) is 95.1 Å². The molecule has 3 fully saturated rings. The zero-order chi connectivity index (χ0) is 42.6. The number of imide groups is 1. The number of hydrogen-bond donors (Lipinski definition) is 3. The molecule has 0 spiro atoms. The highest BCUT2D eigenvalue weighted by atomic mass is 19.1. The second kappa shape index (κ2) is 16.0. The maximum absolute atomic E-state index is 16.3. The second-order valence-corrected chi connectivity index (χ2v) is 17.6. The molecule has 9 rings (SSSR count). The van der Waals surface area contributed by atoms with Crippen molar-refractivity contribution in [2.75, 3.05) is 49.1 Å². The Hall–Kier alpha value is -6.22. The zero-order valence-electron chi connectivity index (χ0n) is 35.2. The Morgan fingerprint density at radius 1 is 0.918 bits per heavy atom. The van der Waals surface area contributed by atoms with Crippen molar-refractivity contribution in [1.82, 2.24) is 40.6 Å². The van der Waals surface area contributed by atoms with Crippen LogP contribution in [0.2, 0.25) is 0 Å². The summed E-state index contributed by atoms with van der Waals surface area (Å²) >= 11 is 0. The fourth-order valence-electron chi connectivity index (χ4n) is 9.19. The van der Waals surface area contributed by atoms with Gasteiger partial charge in [0.25, 0.3) is 11.7 Å². The van der Waals surface area contributed by atoms with Gasteiger partial charge in [-0.1, -0.05) is 50.2 Å². The van der Waals surface area contributed by atoms with Crippen LogP contribution in [0.5, 0.6) is 0 Å². The van der Waals surface area contributed by atoms with Crippen molar-refractivity contribution in [3.8, 4) is 11.3 Å². The number of nitrogens with zero attached hydrogens (tertiary/aromatic N) is 7. The lowest BCUT2D eigenvalue weighted by atomic mass is 9.90. The maximum atomic E-state index is 16.3. The van der Waals surface area contributed by atoms with E-state index >= 15 is 4.39 Å². The van der Waals surface area contributed by atoms with Gasteiger partial charge in [0.05, 0.1) is 23.0 Å². The first kappa shape index (κ1) is 40.2. The third-order valence-corrected chi connectivity index (χ3v) is 12.7.